The summed E-state index contributed by atoms with van der Waals surface area (Å²) in [6.07, 6.45) is 3.19. The molecule has 0 aromatic carbocycles. The van der Waals surface area contributed by atoms with Gasteiger partial charge in [0.25, 0.3) is 10.2 Å². The fraction of sp³-hybridized carbons (Fsp3) is 1.00. The minimum absolute atomic E-state index is 0.508. The molecule has 17 heavy (non-hydrogen) atoms. The van der Waals surface area contributed by atoms with Crippen molar-refractivity contribution < 1.29 is 8.42 Å². The van der Waals surface area contributed by atoms with Crippen LogP contribution < -0.4 is 0 Å². The maximum Gasteiger partial charge on any atom is 0.281 e. The predicted octanol–water partition coefficient (Wildman–Crippen LogP) is 2.07. The van der Waals surface area contributed by atoms with E-state index in [1.54, 1.807) is 8.61 Å². The van der Waals surface area contributed by atoms with Gasteiger partial charge in [0.15, 0.2) is 0 Å². The van der Waals surface area contributed by atoms with E-state index < -0.39 is 10.2 Å². The summed E-state index contributed by atoms with van der Waals surface area (Å²) in [5, 5.41) is 0.955. The zero-order valence-electron chi connectivity index (χ0n) is 10.7. The number of halogens is 1. The monoisotopic (exact) mass is 326 g/mol. The van der Waals surface area contributed by atoms with Gasteiger partial charge < -0.3 is 0 Å². The van der Waals surface area contributed by atoms with E-state index in [4.69, 9.17) is 0 Å². The third-order valence-corrected chi connectivity index (χ3v) is 5.97. The minimum atomic E-state index is -3.22. The Bertz CT molecular complexity index is 315. The molecule has 102 valence electrons. The normalized spacial score (nSPS) is 23.2. The second-order valence-electron chi connectivity index (χ2n) is 4.44. The maximum absolute atomic E-state index is 12.3. The van der Waals surface area contributed by atoms with E-state index in [1.807, 2.05) is 13.8 Å². The molecule has 1 aliphatic rings. The fourth-order valence-corrected chi connectivity index (χ4v) is 4.73. The summed E-state index contributed by atoms with van der Waals surface area (Å²) in [6.45, 7) is 6.25. The van der Waals surface area contributed by atoms with E-state index in [0.29, 0.717) is 32.1 Å². The van der Waals surface area contributed by atoms with E-state index in [9.17, 15) is 8.42 Å². The Hall–Kier alpha value is 0.350. The molecule has 0 aromatic heterocycles. The van der Waals surface area contributed by atoms with Crippen LogP contribution in [0.1, 0.15) is 33.1 Å². The topological polar surface area (TPSA) is 40.6 Å². The Labute approximate surface area is 114 Å². The molecule has 0 amide bonds. The van der Waals surface area contributed by atoms with Crippen molar-refractivity contribution in [1.29, 1.82) is 0 Å². The van der Waals surface area contributed by atoms with Crippen LogP contribution in [0, 0.1) is 5.92 Å². The SMILES string of the molecule is CCN(CC)S(=O)(=O)N1CCCC(CCBr)C1. The van der Waals surface area contributed by atoms with E-state index in [-0.39, 0.29) is 0 Å². The zero-order valence-corrected chi connectivity index (χ0v) is 13.1. The van der Waals surface area contributed by atoms with Crippen LogP contribution in [0.25, 0.3) is 0 Å². The molecule has 1 aliphatic heterocycles. The Morgan fingerprint density at radius 3 is 2.53 bits per heavy atom. The van der Waals surface area contributed by atoms with Gasteiger partial charge in [0.1, 0.15) is 0 Å². The first kappa shape index (κ1) is 15.4. The molecule has 1 rings (SSSR count). The van der Waals surface area contributed by atoms with E-state index in [1.165, 1.54) is 0 Å². The summed E-state index contributed by atoms with van der Waals surface area (Å²) < 4.78 is 27.9. The molecule has 1 atom stereocenters. The number of alkyl halides is 1. The first-order valence-corrected chi connectivity index (χ1v) is 8.89. The van der Waals surface area contributed by atoms with Gasteiger partial charge in [0.2, 0.25) is 0 Å². The van der Waals surface area contributed by atoms with Crippen LogP contribution in [0.4, 0.5) is 0 Å². The van der Waals surface area contributed by atoms with E-state index >= 15 is 0 Å². The van der Waals surface area contributed by atoms with Crippen LogP contribution in [0.15, 0.2) is 0 Å². The lowest BCUT2D eigenvalue weighted by molar-refractivity contribution is 0.246. The summed E-state index contributed by atoms with van der Waals surface area (Å²) in [4.78, 5) is 0. The van der Waals surface area contributed by atoms with Crippen LogP contribution in [-0.2, 0) is 10.2 Å². The van der Waals surface area contributed by atoms with Crippen LogP contribution in [-0.4, -0.2) is 48.5 Å². The molecule has 0 aromatic rings. The van der Waals surface area contributed by atoms with Crippen molar-refractivity contribution in [3.05, 3.63) is 0 Å². The smallest absolute Gasteiger partial charge is 0.195 e. The van der Waals surface area contributed by atoms with Crippen molar-refractivity contribution in [2.45, 2.75) is 33.1 Å². The third kappa shape index (κ3) is 3.91. The summed E-state index contributed by atoms with van der Waals surface area (Å²) in [5.74, 6) is 0.508. The first-order valence-electron chi connectivity index (χ1n) is 6.37. The molecule has 0 N–H and O–H groups in total. The Morgan fingerprint density at radius 1 is 1.35 bits per heavy atom. The second-order valence-corrected chi connectivity index (χ2v) is 7.16. The maximum atomic E-state index is 12.3. The van der Waals surface area contributed by atoms with Gasteiger partial charge in [-0.3, -0.25) is 0 Å². The van der Waals surface area contributed by atoms with Crippen molar-refractivity contribution in [1.82, 2.24) is 8.61 Å². The standard InChI is InChI=1S/C11H23BrN2O2S/c1-3-13(4-2)17(15,16)14-9-5-6-11(10-14)7-8-12/h11H,3-10H2,1-2H3. The number of piperidine rings is 1. The number of hydrogen-bond donors (Lipinski definition) is 0. The lowest BCUT2D eigenvalue weighted by atomic mass is 9.97. The van der Waals surface area contributed by atoms with Crippen molar-refractivity contribution in [3.63, 3.8) is 0 Å². The predicted molar refractivity (Wildman–Crippen MR) is 74.5 cm³/mol. The molecule has 0 radical (unpaired) electrons. The molecule has 0 spiro atoms. The van der Waals surface area contributed by atoms with Gasteiger partial charge in [-0.25, -0.2) is 0 Å². The highest BCUT2D eigenvalue weighted by Crippen LogP contribution is 2.23. The highest BCUT2D eigenvalue weighted by Gasteiger charge is 2.31. The fourth-order valence-electron chi connectivity index (χ4n) is 2.34. The highest BCUT2D eigenvalue weighted by molar-refractivity contribution is 9.09. The average molecular weight is 327 g/mol. The molecule has 6 heteroatoms. The lowest BCUT2D eigenvalue weighted by Gasteiger charge is -2.34. The summed E-state index contributed by atoms with van der Waals surface area (Å²) >= 11 is 3.43. The summed E-state index contributed by atoms with van der Waals surface area (Å²) in [7, 11) is -3.22. The summed E-state index contributed by atoms with van der Waals surface area (Å²) in [6, 6.07) is 0. The quantitative estimate of drug-likeness (QED) is 0.701. The molecular formula is C11H23BrN2O2S. The van der Waals surface area contributed by atoms with Crippen LogP contribution >= 0.6 is 15.9 Å². The molecule has 1 saturated heterocycles. The molecule has 1 unspecified atom stereocenters. The van der Waals surface area contributed by atoms with Gasteiger partial charge in [-0.05, 0) is 25.2 Å². The van der Waals surface area contributed by atoms with Gasteiger partial charge in [-0.15, -0.1) is 0 Å². The van der Waals surface area contributed by atoms with Gasteiger partial charge >= 0.3 is 0 Å². The molecule has 0 aliphatic carbocycles. The van der Waals surface area contributed by atoms with Crippen LogP contribution in [0.2, 0.25) is 0 Å². The number of rotatable bonds is 6. The molecular weight excluding hydrogens is 304 g/mol. The van der Waals surface area contributed by atoms with Crippen molar-refractivity contribution in [2.24, 2.45) is 5.92 Å². The van der Waals surface area contributed by atoms with E-state index in [0.717, 1.165) is 24.6 Å². The average Bonchev–Trinajstić information content (AvgIpc) is 2.31. The van der Waals surface area contributed by atoms with Crippen molar-refractivity contribution >= 4 is 26.1 Å². The van der Waals surface area contributed by atoms with Gasteiger partial charge in [0.05, 0.1) is 0 Å². The Kier molecular flexibility index (Phi) is 6.40. The van der Waals surface area contributed by atoms with Crippen LogP contribution in [0.5, 0.6) is 0 Å². The molecule has 1 heterocycles. The van der Waals surface area contributed by atoms with Gasteiger partial charge in [-0.1, -0.05) is 29.8 Å². The van der Waals surface area contributed by atoms with E-state index in [2.05, 4.69) is 15.9 Å². The molecule has 1 fully saturated rings. The Morgan fingerprint density at radius 2 is 2.00 bits per heavy atom. The first-order chi connectivity index (χ1) is 8.06. The number of hydrogen-bond acceptors (Lipinski definition) is 2. The Balaban J connectivity index is 2.70. The third-order valence-electron chi connectivity index (χ3n) is 3.36. The van der Waals surface area contributed by atoms with Crippen molar-refractivity contribution in [3.8, 4) is 0 Å². The minimum Gasteiger partial charge on any atom is -0.195 e. The molecule has 4 nitrogen and oxygen atoms in total. The lowest BCUT2D eigenvalue weighted by Crippen LogP contribution is -2.47. The second kappa shape index (κ2) is 7.07. The largest absolute Gasteiger partial charge is 0.281 e. The van der Waals surface area contributed by atoms with Gasteiger partial charge in [0, 0.05) is 31.5 Å². The highest BCUT2D eigenvalue weighted by atomic mass is 79.9. The van der Waals surface area contributed by atoms with Crippen molar-refractivity contribution in [2.75, 3.05) is 31.5 Å². The number of nitrogens with zero attached hydrogens (tertiary/aromatic N) is 2. The molecule has 0 bridgehead atoms. The van der Waals surface area contributed by atoms with Crippen LogP contribution in [0.3, 0.4) is 0 Å². The zero-order chi connectivity index (χ0) is 12.9. The molecule has 0 saturated carbocycles. The van der Waals surface area contributed by atoms with Gasteiger partial charge in [-0.2, -0.15) is 17.0 Å². The summed E-state index contributed by atoms with van der Waals surface area (Å²) in [5.41, 5.74) is 0.